The highest BCUT2D eigenvalue weighted by atomic mass is 16.2. The van der Waals surface area contributed by atoms with Crippen molar-refractivity contribution < 1.29 is 5.02 Å². The molecule has 1 heterocycles. The summed E-state index contributed by atoms with van der Waals surface area (Å²) in [7, 11) is -0.0745. The summed E-state index contributed by atoms with van der Waals surface area (Å²) >= 11 is 0. The molecule has 0 amide bonds. The molecule has 1 rings (SSSR count). The van der Waals surface area contributed by atoms with Gasteiger partial charge < -0.3 is 9.50 Å². The van der Waals surface area contributed by atoms with Gasteiger partial charge in [-0.2, -0.15) is 0 Å². The molecule has 3 heteroatoms. The van der Waals surface area contributed by atoms with Crippen LogP contribution >= 0.6 is 0 Å². The van der Waals surface area contributed by atoms with E-state index in [2.05, 4.69) is 13.2 Å². The SMILES string of the molecule is C=C/C=C\c1c(C=C)c(/C=C\C)c(/C=C\C)n1BO. The Morgan fingerprint density at radius 1 is 1.00 bits per heavy atom. The Bertz CT molecular complexity index is 548. The zero-order valence-corrected chi connectivity index (χ0v) is 11.6. The van der Waals surface area contributed by atoms with Crippen molar-refractivity contribution in [1.82, 2.24) is 4.48 Å². The largest absolute Gasteiger partial charge is 0.435 e. The number of hydrogen-bond acceptors (Lipinski definition) is 1. The number of aromatic nitrogens is 1. The Morgan fingerprint density at radius 3 is 2.11 bits per heavy atom. The lowest BCUT2D eigenvalue weighted by molar-refractivity contribution is 0.588. The third kappa shape index (κ3) is 3.06. The van der Waals surface area contributed by atoms with Gasteiger partial charge in [-0.1, -0.05) is 49.6 Å². The second-order valence-electron chi connectivity index (χ2n) is 3.97. The van der Waals surface area contributed by atoms with E-state index in [1.807, 2.05) is 60.9 Å². The lowest BCUT2D eigenvalue weighted by atomic mass is 10.1. The zero-order chi connectivity index (χ0) is 14.3. The molecule has 0 fully saturated rings. The molecule has 0 saturated heterocycles. The quantitative estimate of drug-likeness (QED) is 0.609. The van der Waals surface area contributed by atoms with Crippen LogP contribution in [0.15, 0.2) is 37.5 Å². The molecule has 0 aliphatic heterocycles. The highest BCUT2D eigenvalue weighted by molar-refractivity contribution is 6.25. The average Bonchev–Trinajstić information content (AvgIpc) is 2.70. The molecular weight excluding hydrogens is 233 g/mol. The predicted molar refractivity (Wildman–Crippen MR) is 87.9 cm³/mol. The summed E-state index contributed by atoms with van der Waals surface area (Å²) in [5.41, 5.74) is 3.98. The Balaban J connectivity index is 3.69. The maximum atomic E-state index is 9.64. The van der Waals surface area contributed by atoms with Gasteiger partial charge in [-0.05, 0) is 26.0 Å². The van der Waals surface area contributed by atoms with Crippen LogP contribution in [0.4, 0.5) is 0 Å². The summed E-state index contributed by atoms with van der Waals surface area (Å²) in [6.07, 6.45) is 15.3. The first-order valence-electron chi connectivity index (χ1n) is 6.29. The lowest BCUT2D eigenvalue weighted by Crippen LogP contribution is -2.09. The minimum absolute atomic E-state index is 0.0745. The number of rotatable bonds is 6. The van der Waals surface area contributed by atoms with E-state index < -0.39 is 0 Å². The van der Waals surface area contributed by atoms with Crippen molar-refractivity contribution in [2.75, 3.05) is 0 Å². The molecule has 0 aliphatic carbocycles. The molecule has 0 atom stereocenters. The smallest absolute Gasteiger partial charge is 0.398 e. The number of allylic oxidation sites excluding steroid dienone is 4. The van der Waals surface area contributed by atoms with Gasteiger partial charge in [-0.15, -0.1) is 0 Å². The van der Waals surface area contributed by atoms with Crippen LogP contribution < -0.4 is 0 Å². The number of nitrogens with zero attached hydrogens (tertiary/aromatic N) is 1. The third-order valence-electron chi connectivity index (χ3n) is 2.82. The van der Waals surface area contributed by atoms with Crippen LogP contribution in [-0.2, 0) is 0 Å². The van der Waals surface area contributed by atoms with Gasteiger partial charge in [0.05, 0.1) is 0 Å². The first-order chi connectivity index (χ1) is 9.24. The third-order valence-corrected chi connectivity index (χ3v) is 2.82. The molecule has 0 unspecified atom stereocenters. The zero-order valence-electron chi connectivity index (χ0n) is 11.6. The van der Waals surface area contributed by atoms with Crippen molar-refractivity contribution in [2.45, 2.75) is 13.8 Å². The van der Waals surface area contributed by atoms with Crippen molar-refractivity contribution >= 4 is 31.9 Å². The molecule has 0 spiro atoms. The van der Waals surface area contributed by atoms with Gasteiger partial charge in [0, 0.05) is 22.5 Å². The molecule has 0 aliphatic rings. The van der Waals surface area contributed by atoms with E-state index in [-0.39, 0.29) is 7.62 Å². The molecular formula is C16H20BNO. The average molecular weight is 253 g/mol. The Morgan fingerprint density at radius 2 is 1.63 bits per heavy atom. The maximum Gasteiger partial charge on any atom is 0.398 e. The summed E-state index contributed by atoms with van der Waals surface area (Å²) in [4.78, 5) is 0. The van der Waals surface area contributed by atoms with Crippen molar-refractivity contribution in [3.8, 4) is 0 Å². The summed E-state index contributed by atoms with van der Waals surface area (Å²) in [5.74, 6) is 0. The van der Waals surface area contributed by atoms with Gasteiger partial charge in [0.1, 0.15) is 0 Å². The van der Waals surface area contributed by atoms with Crippen LogP contribution in [0, 0.1) is 0 Å². The molecule has 1 aromatic rings. The van der Waals surface area contributed by atoms with Crippen molar-refractivity contribution in [3.63, 3.8) is 0 Å². The van der Waals surface area contributed by atoms with Crippen LogP contribution in [-0.4, -0.2) is 17.1 Å². The molecule has 0 saturated carbocycles. The molecule has 0 aromatic carbocycles. The van der Waals surface area contributed by atoms with Crippen LogP contribution in [0.25, 0.3) is 24.3 Å². The van der Waals surface area contributed by atoms with E-state index in [1.165, 1.54) is 0 Å². The summed E-state index contributed by atoms with van der Waals surface area (Å²) in [5, 5.41) is 9.64. The molecule has 19 heavy (non-hydrogen) atoms. The predicted octanol–water partition coefficient (Wildman–Crippen LogP) is 3.50. The van der Waals surface area contributed by atoms with Gasteiger partial charge >= 0.3 is 7.62 Å². The summed E-state index contributed by atoms with van der Waals surface area (Å²) < 4.78 is 1.85. The Labute approximate surface area is 116 Å². The van der Waals surface area contributed by atoms with Crippen LogP contribution in [0.1, 0.15) is 36.4 Å². The number of hydrogen-bond donors (Lipinski definition) is 1. The summed E-state index contributed by atoms with van der Waals surface area (Å²) in [6.45, 7) is 11.5. The van der Waals surface area contributed by atoms with Gasteiger partial charge in [-0.3, -0.25) is 0 Å². The van der Waals surface area contributed by atoms with E-state index in [0.29, 0.717) is 0 Å². The highest BCUT2D eigenvalue weighted by Gasteiger charge is 2.15. The normalized spacial score (nSPS) is 11.7. The van der Waals surface area contributed by atoms with E-state index in [1.54, 1.807) is 6.08 Å². The second kappa shape index (κ2) is 7.44. The van der Waals surface area contributed by atoms with E-state index in [9.17, 15) is 5.02 Å². The van der Waals surface area contributed by atoms with E-state index >= 15 is 0 Å². The Kier molecular flexibility index (Phi) is 5.90. The van der Waals surface area contributed by atoms with Gasteiger partial charge in [-0.25, -0.2) is 0 Å². The molecule has 0 bridgehead atoms. The van der Waals surface area contributed by atoms with Crippen LogP contribution in [0.5, 0.6) is 0 Å². The lowest BCUT2D eigenvalue weighted by Gasteiger charge is -2.04. The maximum absolute atomic E-state index is 9.64. The monoisotopic (exact) mass is 253 g/mol. The molecule has 2 nitrogen and oxygen atoms in total. The standard InChI is InChI=1S/C16H20BNO/c1-5-9-12-16-13(8-4)14(10-6-2)15(11-7-3)18(16)17-19/h5-12,17,19H,1,4H2,2-3H3/b10-6-,11-7-,12-9-. The molecule has 0 radical (unpaired) electrons. The molecule has 1 N–H and O–H groups in total. The van der Waals surface area contributed by atoms with Crippen molar-refractivity contribution in [2.24, 2.45) is 0 Å². The fraction of sp³-hybridized carbons (Fsp3) is 0.125. The van der Waals surface area contributed by atoms with E-state index in [4.69, 9.17) is 0 Å². The second-order valence-corrected chi connectivity index (χ2v) is 3.97. The van der Waals surface area contributed by atoms with Crippen molar-refractivity contribution in [3.05, 3.63) is 60.0 Å². The first-order valence-corrected chi connectivity index (χ1v) is 6.29. The van der Waals surface area contributed by atoms with Gasteiger partial charge in [0.25, 0.3) is 0 Å². The fourth-order valence-electron chi connectivity index (χ4n) is 2.08. The fourth-order valence-corrected chi connectivity index (χ4v) is 2.08. The van der Waals surface area contributed by atoms with E-state index in [0.717, 1.165) is 22.5 Å². The van der Waals surface area contributed by atoms with Crippen LogP contribution in [0.2, 0.25) is 0 Å². The molecule has 1 aromatic heterocycles. The highest BCUT2D eigenvalue weighted by Crippen LogP contribution is 2.27. The minimum atomic E-state index is -0.0745. The van der Waals surface area contributed by atoms with Crippen molar-refractivity contribution in [1.29, 1.82) is 0 Å². The van der Waals surface area contributed by atoms with Gasteiger partial charge in [0.15, 0.2) is 0 Å². The van der Waals surface area contributed by atoms with Gasteiger partial charge in [0.2, 0.25) is 0 Å². The Hall–Kier alpha value is -2.00. The molecule has 98 valence electrons. The van der Waals surface area contributed by atoms with Crippen LogP contribution in [0.3, 0.4) is 0 Å². The minimum Gasteiger partial charge on any atom is -0.435 e. The summed E-state index contributed by atoms with van der Waals surface area (Å²) in [6, 6.07) is 0. The first kappa shape index (κ1) is 15.1. The topological polar surface area (TPSA) is 25.2 Å².